The summed E-state index contributed by atoms with van der Waals surface area (Å²) in [7, 11) is 1.43. The number of hydrogen-bond donors (Lipinski definition) is 2. The Labute approximate surface area is 153 Å². The van der Waals surface area contributed by atoms with E-state index in [1.165, 1.54) is 36.0 Å². The van der Waals surface area contributed by atoms with Crippen molar-refractivity contribution < 1.29 is 23.5 Å². The standard InChI is InChI=1S/C16H16ClFN4O4/c1-9-14(16(25)26-8-13(24)20-7-12(23)19-2)15(17)22(21-9)11-5-3-10(18)4-6-11/h3-6H,7-8H2,1-2H3,(H,19,23)(H,20,24). The lowest BCUT2D eigenvalue weighted by molar-refractivity contribution is -0.127. The predicted molar refractivity (Wildman–Crippen MR) is 90.6 cm³/mol. The highest BCUT2D eigenvalue weighted by Crippen LogP contribution is 2.24. The van der Waals surface area contributed by atoms with Gasteiger partial charge >= 0.3 is 5.97 Å². The quantitative estimate of drug-likeness (QED) is 0.725. The Balaban J connectivity index is 2.06. The molecule has 0 fully saturated rings. The highest BCUT2D eigenvalue weighted by atomic mass is 35.5. The molecule has 26 heavy (non-hydrogen) atoms. The molecule has 0 aliphatic rings. The molecule has 0 saturated carbocycles. The molecule has 8 nitrogen and oxygen atoms in total. The predicted octanol–water partition coefficient (Wildman–Crippen LogP) is 0.992. The van der Waals surface area contributed by atoms with E-state index in [0.29, 0.717) is 5.69 Å². The van der Waals surface area contributed by atoms with E-state index in [1.54, 1.807) is 6.92 Å². The van der Waals surface area contributed by atoms with Crippen LogP contribution in [0.25, 0.3) is 5.69 Å². The van der Waals surface area contributed by atoms with Gasteiger partial charge in [-0.05, 0) is 31.2 Å². The summed E-state index contributed by atoms with van der Waals surface area (Å²) in [6.45, 7) is 0.747. The molecule has 0 saturated heterocycles. The molecule has 10 heteroatoms. The number of esters is 1. The molecule has 2 rings (SSSR count). The van der Waals surface area contributed by atoms with Crippen LogP contribution in [0.3, 0.4) is 0 Å². The number of amides is 2. The summed E-state index contributed by atoms with van der Waals surface area (Å²) in [6, 6.07) is 5.37. The van der Waals surface area contributed by atoms with Gasteiger partial charge in [-0.25, -0.2) is 13.9 Å². The van der Waals surface area contributed by atoms with Gasteiger partial charge in [-0.1, -0.05) is 11.6 Å². The molecule has 0 atom stereocenters. The third-order valence-corrected chi connectivity index (χ3v) is 3.69. The Morgan fingerprint density at radius 2 is 1.88 bits per heavy atom. The lowest BCUT2D eigenvalue weighted by Gasteiger charge is -2.06. The molecule has 0 radical (unpaired) electrons. The number of aryl methyl sites for hydroxylation is 1. The van der Waals surface area contributed by atoms with Crippen molar-refractivity contribution in [2.24, 2.45) is 0 Å². The minimum atomic E-state index is -0.837. The summed E-state index contributed by atoms with van der Waals surface area (Å²) in [5, 5.41) is 8.74. The van der Waals surface area contributed by atoms with Gasteiger partial charge in [-0.2, -0.15) is 5.10 Å². The maximum absolute atomic E-state index is 13.0. The van der Waals surface area contributed by atoms with Gasteiger partial charge in [0.2, 0.25) is 5.91 Å². The molecule has 138 valence electrons. The van der Waals surface area contributed by atoms with Crippen molar-refractivity contribution in [1.29, 1.82) is 0 Å². The molecular formula is C16H16ClFN4O4. The van der Waals surface area contributed by atoms with Crippen molar-refractivity contribution in [3.05, 3.63) is 46.5 Å². The molecular weight excluding hydrogens is 367 g/mol. The van der Waals surface area contributed by atoms with E-state index in [1.807, 2.05) is 0 Å². The summed E-state index contributed by atoms with van der Waals surface area (Å²) >= 11 is 6.19. The smallest absolute Gasteiger partial charge is 0.343 e. The average Bonchev–Trinajstić information content (AvgIpc) is 2.92. The van der Waals surface area contributed by atoms with Crippen molar-refractivity contribution in [2.45, 2.75) is 6.92 Å². The van der Waals surface area contributed by atoms with Crippen molar-refractivity contribution >= 4 is 29.4 Å². The SMILES string of the molecule is CNC(=O)CNC(=O)COC(=O)c1c(C)nn(-c2ccc(F)cc2)c1Cl. The van der Waals surface area contributed by atoms with E-state index in [2.05, 4.69) is 15.7 Å². The number of nitrogens with one attached hydrogen (secondary N) is 2. The Morgan fingerprint density at radius 3 is 2.50 bits per heavy atom. The fourth-order valence-electron chi connectivity index (χ4n) is 2.01. The Hall–Kier alpha value is -2.94. The number of halogens is 2. The van der Waals surface area contributed by atoms with Crippen LogP contribution in [-0.4, -0.2) is 47.8 Å². The van der Waals surface area contributed by atoms with Crippen LogP contribution in [0.4, 0.5) is 4.39 Å². The van der Waals surface area contributed by atoms with E-state index in [0.717, 1.165) is 0 Å². The number of nitrogens with zero attached hydrogens (tertiary/aromatic N) is 2. The molecule has 0 aliphatic heterocycles. The van der Waals surface area contributed by atoms with E-state index in [4.69, 9.17) is 16.3 Å². The highest BCUT2D eigenvalue weighted by molar-refractivity contribution is 6.33. The summed E-state index contributed by atoms with van der Waals surface area (Å²) in [6.07, 6.45) is 0. The summed E-state index contributed by atoms with van der Waals surface area (Å²) in [4.78, 5) is 34.8. The molecule has 1 aromatic heterocycles. The summed E-state index contributed by atoms with van der Waals surface area (Å²) in [5.74, 6) is -2.28. The zero-order valence-electron chi connectivity index (χ0n) is 14.0. The van der Waals surface area contributed by atoms with Crippen LogP contribution in [0.1, 0.15) is 16.1 Å². The van der Waals surface area contributed by atoms with E-state index in [9.17, 15) is 18.8 Å². The minimum absolute atomic E-state index is 0.00454. The van der Waals surface area contributed by atoms with Crippen molar-refractivity contribution in [3.63, 3.8) is 0 Å². The van der Waals surface area contributed by atoms with Gasteiger partial charge < -0.3 is 15.4 Å². The van der Waals surface area contributed by atoms with E-state index >= 15 is 0 Å². The normalized spacial score (nSPS) is 10.3. The molecule has 2 amide bonds. The van der Waals surface area contributed by atoms with Crippen molar-refractivity contribution in [1.82, 2.24) is 20.4 Å². The van der Waals surface area contributed by atoms with Crippen LogP contribution < -0.4 is 10.6 Å². The number of ether oxygens (including phenoxy) is 1. The number of carbonyl (C=O) groups excluding carboxylic acids is 3. The number of benzene rings is 1. The maximum Gasteiger partial charge on any atom is 0.343 e. The third kappa shape index (κ3) is 4.57. The largest absolute Gasteiger partial charge is 0.452 e. The first kappa shape index (κ1) is 19.4. The van der Waals surface area contributed by atoms with Crippen molar-refractivity contribution in [2.75, 3.05) is 20.2 Å². The lowest BCUT2D eigenvalue weighted by Crippen LogP contribution is -2.37. The van der Waals surface area contributed by atoms with Gasteiger partial charge in [0.05, 0.1) is 17.9 Å². The maximum atomic E-state index is 13.0. The Kier molecular flexibility index (Phi) is 6.29. The molecule has 2 N–H and O–H groups in total. The topological polar surface area (TPSA) is 102 Å². The first-order valence-electron chi connectivity index (χ1n) is 7.49. The molecule has 1 heterocycles. The van der Waals surface area contributed by atoms with Crippen molar-refractivity contribution in [3.8, 4) is 5.69 Å². The van der Waals surface area contributed by atoms with Crippen LogP contribution in [0.5, 0.6) is 0 Å². The van der Waals surface area contributed by atoms with Crippen LogP contribution in [-0.2, 0) is 14.3 Å². The van der Waals surface area contributed by atoms with Crippen LogP contribution >= 0.6 is 11.6 Å². The summed E-state index contributed by atoms with van der Waals surface area (Å²) < 4.78 is 19.2. The summed E-state index contributed by atoms with van der Waals surface area (Å²) in [5.41, 5.74) is 0.743. The van der Waals surface area contributed by atoms with Gasteiger partial charge in [0.15, 0.2) is 6.61 Å². The monoisotopic (exact) mass is 382 g/mol. The van der Waals surface area contributed by atoms with Gasteiger partial charge in [0.1, 0.15) is 16.5 Å². The molecule has 0 aliphatic carbocycles. The highest BCUT2D eigenvalue weighted by Gasteiger charge is 2.23. The second-order valence-corrected chi connectivity index (χ2v) is 5.52. The Bertz CT molecular complexity index is 836. The zero-order valence-corrected chi connectivity index (χ0v) is 14.8. The fraction of sp³-hybridized carbons (Fsp3) is 0.250. The number of aromatic nitrogens is 2. The molecule has 2 aromatic rings. The fourth-order valence-corrected chi connectivity index (χ4v) is 2.36. The van der Waals surface area contributed by atoms with Crippen LogP contribution in [0, 0.1) is 12.7 Å². The number of rotatable bonds is 6. The molecule has 0 bridgehead atoms. The average molecular weight is 383 g/mol. The van der Waals surface area contributed by atoms with Gasteiger partial charge in [-0.15, -0.1) is 0 Å². The van der Waals surface area contributed by atoms with Gasteiger partial charge in [0, 0.05) is 7.05 Å². The number of carbonyl (C=O) groups is 3. The zero-order chi connectivity index (χ0) is 19.3. The van der Waals surface area contributed by atoms with Gasteiger partial charge in [-0.3, -0.25) is 9.59 Å². The molecule has 0 spiro atoms. The first-order valence-corrected chi connectivity index (χ1v) is 7.86. The third-order valence-electron chi connectivity index (χ3n) is 3.34. The van der Waals surface area contributed by atoms with E-state index in [-0.39, 0.29) is 28.9 Å². The number of hydrogen-bond acceptors (Lipinski definition) is 5. The first-order chi connectivity index (χ1) is 12.3. The second-order valence-electron chi connectivity index (χ2n) is 5.17. The number of likely N-dealkylation sites (N-methyl/N-ethyl adjacent to an activating group) is 1. The molecule has 1 aromatic carbocycles. The molecule has 0 unspecified atom stereocenters. The van der Waals surface area contributed by atoms with E-state index < -0.39 is 24.3 Å². The lowest BCUT2D eigenvalue weighted by atomic mass is 10.2. The Morgan fingerprint density at radius 1 is 1.23 bits per heavy atom. The van der Waals surface area contributed by atoms with Crippen LogP contribution in [0.15, 0.2) is 24.3 Å². The minimum Gasteiger partial charge on any atom is -0.452 e. The second kappa shape index (κ2) is 8.43. The van der Waals surface area contributed by atoms with Gasteiger partial charge in [0.25, 0.3) is 5.91 Å². The van der Waals surface area contributed by atoms with Crippen LogP contribution in [0.2, 0.25) is 5.15 Å².